The summed E-state index contributed by atoms with van der Waals surface area (Å²) in [6.07, 6.45) is 0. The first-order valence-electron chi connectivity index (χ1n) is 5.38. The van der Waals surface area contributed by atoms with Crippen molar-refractivity contribution in [3.05, 3.63) is 50.7 Å². The summed E-state index contributed by atoms with van der Waals surface area (Å²) >= 11 is 7.62. The lowest BCUT2D eigenvalue weighted by molar-refractivity contribution is -0.00000436. The van der Waals surface area contributed by atoms with Gasteiger partial charge in [-0.15, -0.1) is 11.3 Å². The SMILES string of the molecule is Cc1ccsc1CNCc1cc(Cl)ccc1O.[Cl-]. The number of aromatic hydroxyl groups is 1. The lowest BCUT2D eigenvalue weighted by Gasteiger charge is -2.07. The van der Waals surface area contributed by atoms with Crippen molar-refractivity contribution in [2.24, 2.45) is 0 Å². The van der Waals surface area contributed by atoms with Gasteiger partial charge >= 0.3 is 0 Å². The molecule has 0 saturated heterocycles. The molecule has 2 rings (SSSR count). The molecular formula is C13H14Cl2NOS-. The maximum absolute atomic E-state index is 9.65. The molecule has 0 aliphatic rings. The molecule has 0 aliphatic carbocycles. The first-order chi connectivity index (χ1) is 8.16. The summed E-state index contributed by atoms with van der Waals surface area (Å²) in [5.74, 6) is 0.282. The number of phenols is 1. The summed E-state index contributed by atoms with van der Waals surface area (Å²) < 4.78 is 0. The van der Waals surface area contributed by atoms with Gasteiger partial charge in [0, 0.05) is 28.6 Å². The van der Waals surface area contributed by atoms with Crippen molar-refractivity contribution >= 4 is 22.9 Å². The molecule has 0 spiro atoms. The fourth-order valence-corrected chi connectivity index (χ4v) is 2.66. The maximum atomic E-state index is 9.65. The van der Waals surface area contributed by atoms with Gasteiger partial charge < -0.3 is 22.8 Å². The first kappa shape index (κ1) is 15.3. The first-order valence-corrected chi connectivity index (χ1v) is 6.63. The van der Waals surface area contributed by atoms with Crippen LogP contribution in [0.4, 0.5) is 0 Å². The van der Waals surface area contributed by atoms with E-state index in [1.807, 2.05) is 0 Å². The van der Waals surface area contributed by atoms with Crippen LogP contribution in [0.25, 0.3) is 0 Å². The highest BCUT2D eigenvalue weighted by Crippen LogP contribution is 2.21. The van der Waals surface area contributed by atoms with Gasteiger partial charge in [-0.25, -0.2) is 0 Å². The van der Waals surface area contributed by atoms with E-state index in [4.69, 9.17) is 11.6 Å². The van der Waals surface area contributed by atoms with E-state index in [1.165, 1.54) is 10.4 Å². The van der Waals surface area contributed by atoms with Crippen LogP contribution in [0.1, 0.15) is 16.0 Å². The van der Waals surface area contributed by atoms with Crippen LogP contribution >= 0.6 is 22.9 Å². The van der Waals surface area contributed by atoms with E-state index in [2.05, 4.69) is 23.7 Å². The third-order valence-corrected chi connectivity index (χ3v) is 3.87. The summed E-state index contributed by atoms with van der Waals surface area (Å²) in [5, 5.41) is 15.7. The predicted molar refractivity (Wildman–Crippen MR) is 72.7 cm³/mol. The number of nitrogens with one attached hydrogen (secondary N) is 1. The van der Waals surface area contributed by atoms with E-state index in [9.17, 15) is 5.11 Å². The highest BCUT2D eigenvalue weighted by atomic mass is 35.5. The summed E-state index contributed by atoms with van der Waals surface area (Å²) in [5.41, 5.74) is 2.13. The molecule has 0 aliphatic heterocycles. The van der Waals surface area contributed by atoms with Crippen molar-refractivity contribution < 1.29 is 17.5 Å². The van der Waals surface area contributed by atoms with Gasteiger partial charge in [-0.05, 0) is 42.1 Å². The summed E-state index contributed by atoms with van der Waals surface area (Å²) in [4.78, 5) is 1.33. The Morgan fingerprint density at radius 1 is 1.28 bits per heavy atom. The normalized spacial score (nSPS) is 10.1. The van der Waals surface area contributed by atoms with Crippen LogP contribution in [0, 0.1) is 6.92 Å². The molecule has 0 bridgehead atoms. The van der Waals surface area contributed by atoms with E-state index in [-0.39, 0.29) is 18.2 Å². The minimum Gasteiger partial charge on any atom is -1.00 e. The third kappa shape index (κ3) is 3.89. The minimum atomic E-state index is 0. The Labute approximate surface area is 122 Å². The number of benzene rings is 1. The molecule has 1 aromatic carbocycles. The molecule has 5 heteroatoms. The second-order valence-electron chi connectivity index (χ2n) is 3.90. The smallest absolute Gasteiger partial charge is 0.120 e. The third-order valence-electron chi connectivity index (χ3n) is 2.61. The van der Waals surface area contributed by atoms with Crippen LogP contribution < -0.4 is 17.7 Å². The van der Waals surface area contributed by atoms with Gasteiger partial charge in [0.1, 0.15) is 5.75 Å². The zero-order valence-corrected chi connectivity index (χ0v) is 12.2. The van der Waals surface area contributed by atoms with Crippen molar-refractivity contribution in [2.75, 3.05) is 0 Å². The van der Waals surface area contributed by atoms with Crippen LogP contribution in [0.3, 0.4) is 0 Å². The monoisotopic (exact) mass is 302 g/mol. The van der Waals surface area contributed by atoms with Gasteiger partial charge in [0.25, 0.3) is 0 Å². The molecule has 1 aromatic heterocycles. The Morgan fingerprint density at radius 2 is 2.06 bits per heavy atom. The Morgan fingerprint density at radius 3 is 2.72 bits per heavy atom. The molecule has 2 N–H and O–H groups in total. The average Bonchev–Trinajstić information content (AvgIpc) is 2.70. The molecule has 0 atom stereocenters. The van der Waals surface area contributed by atoms with Crippen molar-refractivity contribution in [3.63, 3.8) is 0 Å². The second kappa shape index (κ2) is 7.00. The summed E-state index contributed by atoms with van der Waals surface area (Å²) in [6, 6.07) is 7.20. The lowest BCUT2D eigenvalue weighted by atomic mass is 10.2. The highest BCUT2D eigenvalue weighted by Gasteiger charge is 2.03. The van der Waals surface area contributed by atoms with Crippen LogP contribution in [0.2, 0.25) is 5.02 Å². The van der Waals surface area contributed by atoms with Crippen molar-refractivity contribution in [1.82, 2.24) is 5.32 Å². The zero-order chi connectivity index (χ0) is 12.3. The van der Waals surface area contributed by atoms with Gasteiger partial charge in [0.15, 0.2) is 0 Å². The molecule has 2 nitrogen and oxygen atoms in total. The number of thiophene rings is 1. The van der Waals surface area contributed by atoms with Gasteiger partial charge in [-0.2, -0.15) is 0 Å². The molecule has 18 heavy (non-hydrogen) atoms. The van der Waals surface area contributed by atoms with Crippen LogP contribution in [-0.4, -0.2) is 5.11 Å². The van der Waals surface area contributed by atoms with E-state index < -0.39 is 0 Å². The highest BCUT2D eigenvalue weighted by molar-refractivity contribution is 7.10. The van der Waals surface area contributed by atoms with E-state index >= 15 is 0 Å². The zero-order valence-electron chi connectivity index (χ0n) is 9.91. The van der Waals surface area contributed by atoms with Gasteiger partial charge in [0.05, 0.1) is 0 Å². The average molecular weight is 303 g/mol. The van der Waals surface area contributed by atoms with E-state index in [1.54, 1.807) is 29.5 Å². The Hall–Kier alpha value is -0.740. The molecule has 0 fully saturated rings. The lowest BCUT2D eigenvalue weighted by Crippen LogP contribution is -3.00. The molecule has 2 aromatic rings. The molecule has 0 radical (unpaired) electrons. The second-order valence-corrected chi connectivity index (χ2v) is 5.34. The topological polar surface area (TPSA) is 32.3 Å². The molecule has 0 saturated carbocycles. The maximum Gasteiger partial charge on any atom is 0.120 e. The molecular weight excluding hydrogens is 289 g/mol. The number of aryl methyl sites for hydroxylation is 1. The standard InChI is InChI=1S/C13H14ClNOS.ClH/c1-9-4-5-17-13(9)8-15-7-10-6-11(14)2-3-12(10)16;/h2-6,15-16H,7-8H2,1H3;1H/p-1. The van der Waals surface area contributed by atoms with E-state index in [0.29, 0.717) is 11.6 Å². The number of hydrogen-bond donors (Lipinski definition) is 2. The minimum absolute atomic E-state index is 0. The Kier molecular flexibility index (Phi) is 5.96. The van der Waals surface area contributed by atoms with E-state index in [0.717, 1.165) is 12.1 Å². The fraction of sp³-hybridized carbons (Fsp3) is 0.231. The predicted octanol–water partition coefficient (Wildman–Crippen LogP) is 0.709. The van der Waals surface area contributed by atoms with Gasteiger partial charge in [-0.1, -0.05) is 11.6 Å². The van der Waals surface area contributed by atoms with Crippen LogP contribution in [-0.2, 0) is 13.1 Å². The molecule has 0 amide bonds. The number of hydrogen-bond acceptors (Lipinski definition) is 3. The van der Waals surface area contributed by atoms with Gasteiger partial charge in [0.2, 0.25) is 0 Å². The quantitative estimate of drug-likeness (QED) is 0.872. The Balaban J connectivity index is 0.00000162. The van der Waals surface area contributed by atoms with Crippen molar-refractivity contribution in [1.29, 1.82) is 0 Å². The Bertz CT molecular complexity index is 513. The fourth-order valence-electron chi connectivity index (χ4n) is 1.59. The summed E-state index contributed by atoms with van der Waals surface area (Å²) in [7, 11) is 0. The largest absolute Gasteiger partial charge is 1.00 e. The van der Waals surface area contributed by atoms with Gasteiger partial charge in [-0.3, -0.25) is 0 Å². The molecule has 0 unspecified atom stereocenters. The molecule has 98 valence electrons. The number of rotatable bonds is 4. The van der Waals surface area contributed by atoms with Crippen LogP contribution in [0.15, 0.2) is 29.6 Å². The number of halogens is 2. The molecule has 1 heterocycles. The summed E-state index contributed by atoms with van der Waals surface area (Å²) in [6.45, 7) is 3.53. The van der Waals surface area contributed by atoms with Crippen molar-refractivity contribution in [2.45, 2.75) is 20.0 Å². The van der Waals surface area contributed by atoms with Crippen LogP contribution in [0.5, 0.6) is 5.75 Å². The van der Waals surface area contributed by atoms with Crippen molar-refractivity contribution in [3.8, 4) is 5.75 Å². The number of phenolic OH excluding ortho intramolecular Hbond substituents is 1.